The summed E-state index contributed by atoms with van der Waals surface area (Å²) in [6.07, 6.45) is 0. The number of rotatable bonds is 2. The highest BCUT2D eigenvalue weighted by atomic mass is 35.5. The number of hydrogen-bond donors (Lipinski definition) is 1. The van der Waals surface area contributed by atoms with Crippen LogP contribution in [0.25, 0.3) is 33.7 Å². The largest absolute Gasteiger partial charge is 0.337 e. The third kappa shape index (κ3) is 3.40. The summed E-state index contributed by atoms with van der Waals surface area (Å²) < 4.78 is 15.9. The maximum Gasteiger partial charge on any atom is 0.158 e. The van der Waals surface area contributed by atoms with Crippen LogP contribution in [0.2, 0.25) is 5.02 Å². The second-order valence-electron chi connectivity index (χ2n) is 7.68. The second-order valence-corrected chi connectivity index (χ2v) is 8.06. The van der Waals surface area contributed by atoms with E-state index in [-0.39, 0.29) is 23.6 Å². The smallest absolute Gasteiger partial charge is 0.158 e. The van der Waals surface area contributed by atoms with E-state index in [2.05, 4.69) is 35.8 Å². The van der Waals surface area contributed by atoms with Gasteiger partial charge in [0.15, 0.2) is 5.82 Å². The molecule has 7 heteroatoms. The third-order valence-electron chi connectivity index (χ3n) is 4.59. The minimum Gasteiger partial charge on any atom is -0.337 e. The fourth-order valence-corrected chi connectivity index (χ4v) is 3.75. The summed E-state index contributed by atoms with van der Waals surface area (Å²) in [5.74, 6) is 0.396. The molecule has 146 valence electrons. The number of H-pyrrole nitrogens is 1. The summed E-state index contributed by atoms with van der Waals surface area (Å²) >= 11 is 6.63. The Morgan fingerprint density at radius 2 is 1.82 bits per heavy atom. The monoisotopic (exact) mass is 418 g/mol. The Hall–Kier alpha value is -2.37. The molecule has 0 saturated carbocycles. The average molecular weight is 419 g/mol. The van der Waals surface area contributed by atoms with Crippen LogP contribution in [-0.4, -0.2) is 19.7 Å². The first kappa shape index (κ1) is 20.4. The van der Waals surface area contributed by atoms with Gasteiger partial charge in [-0.05, 0) is 23.8 Å². The Morgan fingerprint density at radius 1 is 1.11 bits per heavy atom. The molecule has 0 aliphatic heterocycles. The van der Waals surface area contributed by atoms with Crippen molar-refractivity contribution in [1.82, 2.24) is 19.7 Å². The standard InChI is InChI=1S/C21H20ClFN4.ClH/c1-21(2,3)19-17(22)18(27(4)26-19)20-24-15-10-9-12(11-16(15)25-20)13-7-5-6-8-14(13)23;/h5-11H,1-4H3,(H,24,25);1H. The van der Waals surface area contributed by atoms with Gasteiger partial charge in [0.25, 0.3) is 0 Å². The summed E-state index contributed by atoms with van der Waals surface area (Å²) in [5, 5.41) is 5.18. The lowest BCUT2D eigenvalue weighted by Crippen LogP contribution is -2.12. The molecule has 2 heterocycles. The number of aromatic amines is 1. The van der Waals surface area contributed by atoms with Gasteiger partial charge in [-0.2, -0.15) is 5.10 Å². The van der Waals surface area contributed by atoms with Crippen molar-refractivity contribution in [2.75, 3.05) is 0 Å². The van der Waals surface area contributed by atoms with Gasteiger partial charge in [-0.15, -0.1) is 12.4 Å². The van der Waals surface area contributed by atoms with Gasteiger partial charge in [-0.25, -0.2) is 9.37 Å². The van der Waals surface area contributed by atoms with Crippen LogP contribution in [0.3, 0.4) is 0 Å². The van der Waals surface area contributed by atoms with Crippen molar-refractivity contribution in [2.45, 2.75) is 26.2 Å². The van der Waals surface area contributed by atoms with Gasteiger partial charge in [-0.1, -0.05) is 56.6 Å². The van der Waals surface area contributed by atoms with E-state index in [9.17, 15) is 4.39 Å². The highest BCUT2D eigenvalue weighted by Gasteiger charge is 2.26. The number of halogens is 3. The van der Waals surface area contributed by atoms with Crippen molar-refractivity contribution in [1.29, 1.82) is 0 Å². The quantitative estimate of drug-likeness (QED) is 0.424. The van der Waals surface area contributed by atoms with E-state index in [1.165, 1.54) is 6.07 Å². The topological polar surface area (TPSA) is 46.5 Å². The third-order valence-corrected chi connectivity index (χ3v) is 4.95. The Morgan fingerprint density at radius 3 is 2.46 bits per heavy atom. The van der Waals surface area contributed by atoms with E-state index < -0.39 is 0 Å². The van der Waals surface area contributed by atoms with Gasteiger partial charge in [0.05, 0.1) is 21.7 Å². The predicted molar refractivity (Wildman–Crippen MR) is 115 cm³/mol. The van der Waals surface area contributed by atoms with E-state index in [4.69, 9.17) is 11.6 Å². The summed E-state index contributed by atoms with van der Waals surface area (Å²) in [6.45, 7) is 6.22. The molecule has 0 spiro atoms. The molecule has 0 radical (unpaired) electrons. The molecule has 0 saturated heterocycles. The van der Waals surface area contributed by atoms with Gasteiger partial charge < -0.3 is 4.98 Å². The molecule has 0 aliphatic carbocycles. The molecule has 2 aromatic heterocycles. The zero-order valence-corrected chi connectivity index (χ0v) is 17.6. The maximum absolute atomic E-state index is 14.1. The molecule has 0 atom stereocenters. The molecular formula is C21H21Cl2FN4. The lowest BCUT2D eigenvalue weighted by atomic mass is 9.92. The average Bonchev–Trinajstić information content (AvgIpc) is 3.14. The fourth-order valence-electron chi connectivity index (χ4n) is 3.22. The lowest BCUT2D eigenvalue weighted by Gasteiger charge is -2.15. The van der Waals surface area contributed by atoms with Crippen molar-refractivity contribution < 1.29 is 4.39 Å². The number of imidazole rings is 1. The maximum atomic E-state index is 14.1. The SMILES string of the molecule is Cl.Cn1nc(C(C)(C)C)c(Cl)c1-c1nc2ccc(-c3ccccc3F)cc2[nH]1. The molecular weight excluding hydrogens is 398 g/mol. The number of hydrogen-bond acceptors (Lipinski definition) is 2. The molecule has 0 amide bonds. The van der Waals surface area contributed by atoms with Crippen LogP contribution in [0, 0.1) is 5.82 Å². The molecule has 0 unspecified atom stereocenters. The van der Waals surface area contributed by atoms with E-state index in [0.29, 0.717) is 16.4 Å². The van der Waals surface area contributed by atoms with Crippen LogP contribution in [0.15, 0.2) is 42.5 Å². The van der Waals surface area contributed by atoms with E-state index in [1.807, 2.05) is 31.3 Å². The van der Waals surface area contributed by atoms with Gasteiger partial charge in [0.1, 0.15) is 11.5 Å². The first-order chi connectivity index (χ1) is 12.8. The van der Waals surface area contributed by atoms with Crippen molar-refractivity contribution in [3.8, 4) is 22.6 Å². The number of aromatic nitrogens is 4. The normalized spacial score (nSPS) is 11.6. The van der Waals surface area contributed by atoms with Gasteiger partial charge in [0, 0.05) is 18.0 Å². The van der Waals surface area contributed by atoms with Crippen LogP contribution >= 0.6 is 24.0 Å². The second kappa shape index (κ2) is 7.22. The molecule has 4 rings (SSSR count). The van der Waals surface area contributed by atoms with E-state index in [1.54, 1.807) is 16.8 Å². The predicted octanol–water partition coefficient (Wildman–Crippen LogP) is 6.14. The summed E-state index contributed by atoms with van der Waals surface area (Å²) in [6, 6.07) is 12.4. The highest BCUT2D eigenvalue weighted by Crippen LogP contribution is 2.36. The first-order valence-electron chi connectivity index (χ1n) is 8.73. The van der Waals surface area contributed by atoms with E-state index >= 15 is 0 Å². The van der Waals surface area contributed by atoms with Crippen LogP contribution in [0.1, 0.15) is 26.5 Å². The summed E-state index contributed by atoms with van der Waals surface area (Å²) in [7, 11) is 1.86. The van der Waals surface area contributed by atoms with Crippen LogP contribution in [0.5, 0.6) is 0 Å². The van der Waals surface area contributed by atoms with Crippen molar-refractivity contribution in [3.63, 3.8) is 0 Å². The summed E-state index contributed by atoms with van der Waals surface area (Å²) in [4.78, 5) is 7.97. The molecule has 2 aromatic carbocycles. The Labute approximate surface area is 174 Å². The highest BCUT2D eigenvalue weighted by molar-refractivity contribution is 6.33. The molecule has 4 nitrogen and oxygen atoms in total. The zero-order chi connectivity index (χ0) is 19.3. The van der Waals surface area contributed by atoms with E-state index in [0.717, 1.165) is 28.0 Å². The fraction of sp³-hybridized carbons (Fsp3) is 0.238. The van der Waals surface area contributed by atoms with Crippen LogP contribution < -0.4 is 0 Å². The molecule has 4 aromatic rings. The van der Waals surface area contributed by atoms with Crippen LogP contribution in [0.4, 0.5) is 4.39 Å². The molecule has 0 aliphatic rings. The van der Waals surface area contributed by atoms with Gasteiger partial charge in [-0.3, -0.25) is 4.68 Å². The number of nitrogens with zero attached hydrogens (tertiary/aromatic N) is 3. The molecule has 0 fully saturated rings. The Balaban J connectivity index is 0.00000225. The Kier molecular flexibility index (Phi) is 5.26. The minimum atomic E-state index is -0.249. The number of fused-ring (bicyclic) bond motifs is 1. The number of nitrogens with one attached hydrogen (secondary N) is 1. The number of aryl methyl sites for hydroxylation is 1. The van der Waals surface area contributed by atoms with Gasteiger partial charge in [0.2, 0.25) is 0 Å². The lowest BCUT2D eigenvalue weighted by molar-refractivity contribution is 0.553. The van der Waals surface area contributed by atoms with Crippen molar-refractivity contribution >= 4 is 35.0 Å². The van der Waals surface area contributed by atoms with Gasteiger partial charge >= 0.3 is 0 Å². The van der Waals surface area contributed by atoms with Crippen molar-refractivity contribution in [2.24, 2.45) is 7.05 Å². The van der Waals surface area contributed by atoms with Crippen LogP contribution in [-0.2, 0) is 12.5 Å². The zero-order valence-electron chi connectivity index (χ0n) is 16.0. The molecule has 0 bridgehead atoms. The Bertz CT molecular complexity index is 1160. The molecule has 1 N–H and O–H groups in total. The summed E-state index contributed by atoms with van der Waals surface area (Å²) in [5.41, 5.74) is 4.36. The number of benzene rings is 2. The minimum absolute atomic E-state index is 0. The molecule has 28 heavy (non-hydrogen) atoms. The first-order valence-corrected chi connectivity index (χ1v) is 9.11. The van der Waals surface area contributed by atoms with Crippen molar-refractivity contribution in [3.05, 3.63) is 59.0 Å².